The molecule has 0 aliphatic rings. The summed E-state index contributed by atoms with van der Waals surface area (Å²) in [6, 6.07) is 6.01. The van der Waals surface area contributed by atoms with Gasteiger partial charge >= 0.3 is 5.97 Å². The molecule has 0 spiro atoms. The Hall–Kier alpha value is -1.62. The van der Waals surface area contributed by atoms with Crippen molar-refractivity contribution in [1.29, 1.82) is 0 Å². The molecule has 0 unspecified atom stereocenters. The first-order valence-corrected chi connectivity index (χ1v) is 6.68. The number of hydrogen-bond acceptors (Lipinski definition) is 4. The Morgan fingerprint density at radius 1 is 1.29 bits per heavy atom. The van der Waals surface area contributed by atoms with Crippen LogP contribution in [0, 0.1) is 0 Å². The molecule has 5 heteroatoms. The van der Waals surface area contributed by atoms with Crippen LogP contribution in [0.1, 0.15) is 12.5 Å². The van der Waals surface area contributed by atoms with Gasteiger partial charge in [0, 0.05) is 0 Å². The Labute approximate surface area is 101 Å². The molecule has 0 amide bonds. The molecule has 0 radical (unpaired) electrons. The van der Waals surface area contributed by atoms with Crippen molar-refractivity contribution in [3.63, 3.8) is 0 Å². The lowest BCUT2D eigenvalue weighted by Gasteiger charge is -2.05. The Kier molecular flexibility index (Phi) is 4.07. The lowest BCUT2D eigenvalue weighted by atomic mass is 10.1. The minimum atomic E-state index is -3.21. The summed E-state index contributed by atoms with van der Waals surface area (Å²) in [5.41, 5.74) is 0.750. The summed E-state index contributed by atoms with van der Waals surface area (Å²) in [7, 11) is -1.95. The summed E-state index contributed by atoms with van der Waals surface area (Å²) in [5, 5.41) is 0. The van der Waals surface area contributed by atoms with E-state index in [9.17, 15) is 13.2 Å². The van der Waals surface area contributed by atoms with Gasteiger partial charge in [-0.1, -0.05) is 25.6 Å². The second-order valence-corrected chi connectivity index (χ2v) is 5.68. The molecular formula is C12H14O4S. The van der Waals surface area contributed by atoms with Crippen molar-refractivity contribution >= 4 is 21.4 Å². The largest absolute Gasteiger partial charge is 0.465 e. The van der Waals surface area contributed by atoms with Gasteiger partial charge in [0.15, 0.2) is 9.84 Å². The molecule has 0 aromatic heterocycles. The van der Waals surface area contributed by atoms with Crippen LogP contribution in [-0.4, -0.2) is 27.2 Å². The quantitative estimate of drug-likeness (QED) is 0.605. The molecule has 4 nitrogen and oxygen atoms in total. The zero-order valence-electron chi connectivity index (χ0n) is 9.76. The number of rotatable bonds is 4. The highest BCUT2D eigenvalue weighted by atomic mass is 32.2. The molecule has 0 fully saturated rings. The summed E-state index contributed by atoms with van der Waals surface area (Å²) in [6.07, 6.45) is 0. The van der Waals surface area contributed by atoms with Crippen molar-refractivity contribution < 1.29 is 17.9 Å². The number of methoxy groups -OCH3 is 1. The molecule has 1 rings (SSSR count). The Morgan fingerprint density at radius 3 is 2.24 bits per heavy atom. The maximum absolute atomic E-state index is 11.6. The third-order valence-corrected chi connectivity index (χ3v) is 4.12. The van der Waals surface area contributed by atoms with Crippen LogP contribution in [0.2, 0.25) is 0 Å². The standard InChI is InChI=1S/C12H14O4S/c1-4-17(14,15)11-7-5-10(6-8-11)9(2)12(13)16-3/h5-8H,2,4H2,1,3H3. The van der Waals surface area contributed by atoms with Gasteiger partial charge in [-0.3, -0.25) is 0 Å². The maximum atomic E-state index is 11.6. The molecule has 0 saturated carbocycles. The number of carbonyl (C=O) groups excluding carboxylic acids is 1. The van der Waals surface area contributed by atoms with Crippen LogP contribution in [-0.2, 0) is 19.4 Å². The van der Waals surface area contributed by atoms with Crippen molar-refractivity contribution in [2.75, 3.05) is 12.9 Å². The highest BCUT2D eigenvalue weighted by molar-refractivity contribution is 7.91. The third-order valence-electron chi connectivity index (χ3n) is 2.37. The average molecular weight is 254 g/mol. The van der Waals surface area contributed by atoms with Gasteiger partial charge in [-0.2, -0.15) is 0 Å². The highest BCUT2D eigenvalue weighted by Gasteiger charge is 2.13. The van der Waals surface area contributed by atoms with Crippen molar-refractivity contribution in [1.82, 2.24) is 0 Å². The van der Waals surface area contributed by atoms with E-state index in [1.54, 1.807) is 19.1 Å². The smallest absolute Gasteiger partial charge is 0.337 e. The Balaban J connectivity index is 3.05. The predicted octanol–water partition coefficient (Wildman–Crippen LogP) is 1.67. The van der Waals surface area contributed by atoms with Crippen LogP contribution in [0.5, 0.6) is 0 Å². The van der Waals surface area contributed by atoms with E-state index in [1.165, 1.54) is 19.2 Å². The number of sulfone groups is 1. The molecule has 1 aromatic carbocycles. The van der Waals surface area contributed by atoms with E-state index >= 15 is 0 Å². The van der Waals surface area contributed by atoms with Gasteiger partial charge in [-0.15, -0.1) is 0 Å². The van der Waals surface area contributed by atoms with Crippen LogP contribution in [0.4, 0.5) is 0 Å². The first kappa shape index (κ1) is 13.4. The fraction of sp³-hybridized carbons (Fsp3) is 0.250. The fourth-order valence-electron chi connectivity index (χ4n) is 1.27. The molecular weight excluding hydrogens is 240 g/mol. The normalized spacial score (nSPS) is 10.9. The number of hydrogen-bond donors (Lipinski definition) is 0. The molecule has 0 N–H and O–H groups in total. The van der Waals surface area contributed by atoms with Gasteiger partial charge < -0.3 is 4.74 Å². The summed E-state index contributed by atoms with van der Waals surface area (Å²) < 4.78 is 27.6. The van der Waals surface area contributed by atoms with Crippen LogP contribution in [0.3, 0.4) is 0 Å². The van der Waals surface area contributed by atoms with Crippen LogP contribution < -0.4 is 0 Å². The summed E-state index contributed by atoms with van der Waals surface area (Å²) in [4.78, 5) is 11.4. The predicted molar refractivity (Wildman–Crippen MR) is 65.2 cm³/mol. The molecule has 0 atom stereocenters. The number of esters is 1. The summed E-state index contributed by atoms with van der Waals surface area (Å²) in [6.45, 7) is 5.16. The van der Waals surface area contributed by atoms with Crippen LogP contribution >= 0.6 is 0 Å². The lowest BCUT2D eigenvalue weighted by Crippen LogP contribution is -2.05. The van der Waals surface area contributed by atoms with Gasteiger partial charge in [-0.05, 0) is 17.7 Å². The SMILES string of the molecule is C=C(C(=O)OC)c1ccc(S(=O)(=O)CC)cc1. The second-order valence-electron chi connectivity index (χ2n) is 3.40. The third kappa shape index (κ3) is 2.94. The number of carbonyl (C=O) groups is 1. The van der Waals surface area contributed by atoms with Gasteiger partial charge in [0.2, 0.25) is 0 Å². The van der Waals surface area contributed by atoms with Crippen molar-refractivity contribution in [2.24, 2.45) is 0 Å². The highest BCUT2D eigenvalue weighted by Crippen LogP contribution is 2.17. The summed E-state index contributed by atoms with van der Waals surface area (Å²) >= 11 is 0. The minimum Gasteiger partial charge on any atom is -0.465 e. The molecule has 17 heavy (non-hydrogen) atoms. The molecule has 92 valence electrons. The van der Waals surface area contributed by atoms with Crippen molar-refractivity contribution in [2.45, 2.75) is 11.8 Å². The van der Waals surface area contributed by atoms with E-state index in [4.69, 9.17) is 0 Å². The average Bonchev–Trinajstić information content (AvgIpc) is 2.37. The maximum Gasteiger partial charge on any atom is 0.337 e. The fourth-order valence-corrected chi connectivity index (χ4v) is 2.16. The van der Waals surface area contributed by atoms with E-state index in [0.29, 0.717) is 5.56 Å². The number of benzene rings is 1. The van der Waals surface area contributed by atoms with Gasteiger partial charge in [0.25, 0.3) is 0 Å². The molecule has 0 saturated heterocycles. The zero-order chi connectivity index (χ0) is 13.1. The van der Waals surface area contributed by atoms with Gasteiger partial charge in [0.1, 0.15) is 0 Å². The lowest BCUT2D eigenvalue weighted by molar-refractivity contribution is -0.133. The van der Waals surface area contributed by atoms with E-state index in [1.807, 2.05) is 0 Å². The van der Waals surface area contributed by atoms with Crippen LogP contribution in [0.15, 0.2) is 35.7 Å². The van der Waals surface area contributed by atoms with Crippen molar-refractivity contribution in [3.8, 4) is 0 Å². The Morgan fingerprint density at radius 2 is 1.82 bits per heavy atom. The monoisotopic (exact) mass is 254 g/mol. The number of ether oxygens (including phenoxy) is 1. The topological polar surface area (TPSA) is 60.4 Å². The molecule has 0 aliphatic carbocycles. The van der Waals surface area contributed by atoms with E-state index in [0.717, 1.165) is 0 Å². The molecule has 0 heterocycles. The summed E-state index contributed by atoms with van der Waals surface area (Å²) in [5.74, 6) is -0.485. The second kappa shape index (κ2) is 5.14. The van der Waals surface area contributed by atoms with E-state index in [-0.39, 0.29) is 16.2 Å². The van der Waals surface area contributed by atoms with E-state index < -0.39 is 15.8 Å². The van der Waals surface area contributed by atoms with Crippen molar-refractivity contribution in [3.05, 3.63) is 36.4 Å². The molecule has 0 aliphatic heterocycles. The zero-order valence-corrected chi connectivity index (χ0v) is 10.6. The van der Waals surface area contributed by atoms with Gasteiger partial charge in [-0.25, -0.2) is 13.2 Å². The minimum absolute atomic E-state index is 0.0459. The first-order chi connectivity index (χ1) is 7.92. The van der Waals surface area contributed by atoms with E-state index in [2.05, 4.69) is 11.3 Å². The molecule has 0 bridgehead atoms. The van der Waals surface area contributed by atoms with Gasteiger partial charge in [0.05, 0.1) is 23.3 Å². The first-order valence-electron chi connectivity index (χ1n) is 5.02. The van der Waals surface area contributed by atoms with Crippen LogP contribution in [0.25, 0.3) is 5.57 Å². The molecule has 1 aromatic rings. The Bertz CT molecular complexity index is 526.